The fraction of sp³-hybridized carbons (Fsp3) is 0.200. The van der Waals surface area contributed by atoms with Gasteiger partial charge in [0.15, 0.2) is 0 Å². The Kier molecular flexibility index (Phi) is 3.50. The molecule has 0 aliphatic heterocycles. The van der Waals surface area contributed by atoms with Gasteiger partial charge in [0.05, 0.1) is 0 Å². The van der Waals surface area contributed by atoms with Crippen LogP contribution in [0.4, 0.5) is 0 Å². The van der Waals surface area contributed by atoms with Crippen LogP contribution in [-0.2, 0) is 0 Å². The highest BCUT2D eigenvalue weighted by molar-refractivity contribution is 9.11. The highest BCUT2D eigenvalue weighted by atomic mass is 79.9. The summed E-state index contributed by atoms with van der Waals surface area (Å²) < 4.78 is 1.39. The number of hydrogen-bond acceptors (Lipinski definition) is 0. The van der Waals surface area contributed by atoms with E-state index in [1.165, 1.54) is 26.1 Å². The quantitative estimate of drug-likeness (QED) is 0.708. The average molecular weight is 364 g/mol. The third-order valence-corrected chi connectivity index (χ3v) is 8.27. The number of benzene rings is 1. The van der Waals surface area contributed by atoms with Crippen LogP contribution in [0, 0.1) is 0 Å². The third-order valence-electron chi connectivity index (χ3n) is 3.71. The second kappa shape index (κ2) is 4.88. The molecule has 1 aromatic rings. The number of fused-ring (bicyclic) bond motifs is 2. The van der Waals surface area contributed by atoms with Crippen LogP contribution < -0.4 is 10.4 Å². The molecule has 0 aromatic heterocycles. The first-order valence-corrected chi connectivity index (χ1v) is 10.3. The van der Waals surface area contributed by atoms with Gasteiger partial charge in [-0.25, -0.2) is 0 Å². The Morgan fingerprint density at radius 2 is 1.89 bits per heavy atom. The lowest BCUT2D eigenvalue weighted by atomic mass is 9.98. The molecule has 94 valence electrons. The molecule has 4 heteroatoms. The van der Waals surface area contributed by atoms with Crippen molar-refractivity contribution < 1.29 is 0 Å². The number of rotatable bonds is 2. The molecule has 0 fully saturated rings. The van der Waals surface area contributed by atoms with E-state index in [1.807, 2.05) is 6.07 Å². The van der Waals surface area contributed by atoms with Crippen molar-refractivity contribution >= 4 is 58.2 Å². The van der Waals surface area contributed by atoms with Crippen LogP contribution in [0.5, 0.6) is 0 Å². The normalized spacial score (nSPS) is 19.3. The maximum Gasteiger partial charge on any atom is 0.0490 e. The monoisotopic (exact) mass is 362 g/mol. The van der Waals surface area contributed by atoms with Crippen LogP contribution in [0.2, 0.25) is 22.8 Å². The molecule has 0 amide bonds. The fourth-order valence-corrected chi connectivity index (χ4v) is 6.67. The van der Waals surface area contributed by atoms with E-state index in [9.17, 15) is 0 Å². The second-order valence-electron chi connectivity index (χ2n) is 4.69. The molecule has 0 N–H and O–H groups in total. The highest BCUT2D eigenvalue weighted by Crippen LogP contribution is 2.46. The van der Waals surface area contributed by atoms with Crippen molar-refractivity contribution in [2.75, 3.05) is 0 Å². The summed E-state index contributed by atoms with van der Waals surface area (Å²) in [5.41, 5.74) is 2.83. The van der Waals surface area contributed by atoms with Crippen molar-refractivity contribution in [2.45, 2.75) is 17.8 Å². The van der Waals surface area contributed by atoms with E-state index < -0.39 is 0 Å². The molecule has 2 aliphatic rings. The Morgan fingerprint density at radius 3 is 2.58 bits per heavy atom. The molecule has 0 heterocycles. The van der Waals surface area contributed by atoms with Gasteiger partial charge in [-0.3, -0.25) is 0 Å². The summed E-state index contributed by atoms with van der Waals surface area (Å²) in [5.74, 6) is 0. The maximum atomic E-state index is 6.12. The van der Waals surface area contributed by atoms with Gasteiger partial charge in [-0.1, -0.05) is 52.8 Å². The topological polar surface area (TPSA) is 0 Å². The fourth-order valence-electron chi connectivity index (χ4n) is 2.82. The predicted molar refractivity (Wildman–Crippen MR) is 89.6 cm³/mol. The van der Waals surface area contributed by atoms with Crippen molar-refractivity contribution in [1.29, 1.82) is 0 Å². The largest absolute Gasteiger partial charge is 0.0843 e. The lowest BCUT2D eigenvalue weighted by Gasteiger charge is -2.33. The molecule has 0 nitrogen and oxygen atoms in total. The van der Waals surface area contributed by atoms with Crippen LogP contribution in [0.25, 0.3) is 11.6 Å². The predicted octanol–water partition coefficient (Wildman–Crippen LogP) is 3.12. The Hall–Kier alpha value is -0.356. The lowest BCUT2D eigenvalue weighted by Crippen LogP contribution is -2.32. The zero-order valence-electron chi connectivity index (χ0n) is 10.7. The average Bonchev–Trinajstić information content (AvgIpc) is 2.74. The first-order chi connectivity index (χ1) is 9.09. The van der Waals surface area contributed by atoms with E-state index in [1.54, 1.807) is 0 Å². The molecule has 2 aliphatic carbocycles. The zero-order chi connectivity index (χ0) is 13.6. The van der Waals surface area contributed by atoms with Gasteiger partial charge in [0.2, 0.25) is 0 Å². The lowest BCUT2D eigenvalue weighted by molar-refractivity contribution is 1.19. The molecule has 4 radical (unpaired) electrons. The number of halogens is 2. The Bertz CT molecular complexity index is 727. The Balaban J connectivity index is 2.39. The van der Waals surface area contributed by atoms with Gasteiger partial charge in [0.1, 0.15) is 0 Å². The van der Waals surface area contributed by atoms with Gasteiger partial charge in [-0.2, -0.15) is 0 Å². The minimum Gasteiger partial charge on any atom is -0.0843 e. The molecule has 3 rings (SSSR count). The van der Waals surface area contributed by atoms with Gasteiger partial charge >= 0.3 is 0 Å². The van der Waals surface area contributed by atoms with E-state index >= 15 is 0 Å². The van der Waals surface area contributed by atoms with Gasteiger partial charge < -0.3 is 0 Å². The molecule has 0 atom stereocenters. The molecule has 0 bridgehead atoms. The van der Waals surface area contributed by atoms with Crippen molar-refractivity contribution in [2.24, 2.45) is 0 Å². The summed E-state index contributed by atoms with van der Waals surface area (Å²) in [6, 6.07) is 6.24. The van der Waals surface area contributed by atoms with Crippen molar-refractivity contribution in [1.82, 2.24) is 0 Å². The molecule has 0 saturated heterocycles. The van der Waals surface area contributed by atoms with Crippen LogP contribution in [-0.4, -0.2) is 19.0 Å². The van der Waals surface area contributed by atoms with Crippen molar-refractivity contribution in [3.05, 3.63) is 55.9 Å². The number of allylic oxidation sites excluding steroid dienone is 4. The van der Waals surface area contributed by atoms with Gasteiger partial charge in [0.25, 0.3) is 0 Å². The highest BCUT2D eigenvalue weighted by Gasteiger charge is 2.35. The third kappa shape index (κ3) is 2.07. The van der Waals surface area contributed by atoms with E-state index in [0.29, 0.717) is 0 Å². The smallest absolute Gasteiger partial charge is 0.0490 e. The Labute approximate surface area is 131 Å². The second-order valence-corrected chi connectivity index (χ2v) is 9.12. The van der Waals surface area contributed by atoms with Crippen LogP contribution in [0.15, 0.2) is 40.4 Å². The summed E-state index contributed by atoms with van der Waals surface area (Å²) in [7, 11) is 1.72. The first kappa shape index (κ1) is 13.6. The molecule has 0 spiro atoms. The molecule has 19 heavy (non-hydrogen) atoms. The SMILES string of the molecule is C[Si]C1([Si]C)C=C(Br)C=C2C=c3cc(Cl)ccc3=C21. The van der Waals surface area contributed by atoms with Crippen LogP contribution >= 0.6 is 27.5 Å². The van der Waals surface area contributed by atoms with Crippen LogP contribution in [0.1, 0.15) is 0 Å². The standard InChI is InChI=1S/C15H12BrClSi2/c1-18-15(19-2)8-11(16)6-10-5-9-7-12(17)3-4-13(9)14(10)15/h3-8H,1-2H3. The van der Waals surface area contributed by atoms with Gasteiger partial charge in [0, 0.05) is 28.5 Å². The van der Waals surface area contributed by atoms with E-state index in [-0.39, 0.29) is 4.66 Å². The van der Waals surface area contributed by atoms with E-state index in [0.717, 1.165) is 24.1 Å². The Morgan fingerprint density at radius 1 is 1.16 bits per heavy atom. The van der Waals surface area contributed by atoms with E-state index in [2.05, 4.69) is 59.4 Å². The zero-order valence-corrected chi connectivity index (χ0v) is 15.1. The van der Waals surface area contributed by atoms with Gasteiger partial charge in [-0.05, 0) is 50.5 Å². The van der Waals surface area contributed by atoms with Crippen molar-refractivity contribution in [3.63, 3.8) is 0 Å². The molecular weight excluding hydrogens is 352 g/mol. The summed E-state index contributed by atoms with van der Waals surface area (Å²) in [6.07, 6.45) is 6.88. The first-order valence-electron chi connectivity index (χ1n) is 6.10. The summed E-state index contributed by atoms with van der Waals surface area (Å²) >= 11 is 9.80. The molecular formula is C15H12BrClSi2. The molecule has 0 saturated carbocycles. The van der Waals surface area contributed by atoms with Crippen LogP contribution in [0.3, 0.4) is 0 Å². The van der Waals surface area contributed by atoms with Gasteiger partial charge in [-0.15, -0.1) is 0 Å². The maximum absolute atomic E-state index is 6.12. The molecule has 1 aromatic carbocycles. The van der Waals surface area contributed by atoms with E-state index in [4.69, 9.17) is 11.6 Å². The van der Waals surface area contributed by atoms with Crippen molar-refractivity contribution in [3.8, 4) is 0 Å². The number of hydrogen-bond donors (Lipinski definition) is 0. The minimum absolute atomic E-state index is 0.193. The summed E-state index contributed by atoms with van der Waals surface area (Å²) in [6.45, 7) is 4.61. The minimum atomic E-state index is 0.193. The summed E-state index contributed by atoms with van der Waals surface area (Å²) in [5, 5.41) is 3.42. The molecule has 0 unspecified atom stereocenters. The summed E-state index contributed by atoms with van der Waals surface area (Å²) in [4.78, 5) is 0.